The number of hydrogen-bond acceptors (Lipinski definition) is 22. The Balaban J connectivity index is 0.00000101. The van der Waals surface area contributed by atoms with Crippen LogP contribution in [0.5, 0.6) is 0 Å². The van der Waals surface area contributed by atoms with Gasteiger partial charge < -0.3 is 88.4 Å². The molecular weight excluding hydrogens is 1860 g/mol. The number of hydrogen-bond donors (Lipinski definition) is 16. The van der Waals surface area contributed by atoms with E-state index in [1.807, 2.05) is 56.5 Å². The van der Waals surface area contributed by atoms with E-state index in [0.717, 1.165) is 28.8 Å². The summed E-state index contributed by atoms with van der Waals surface area (Å²) in [7, 11) is 0. The minimum absolute atomic E-state index is 0.00590. The van der Waals surface area contributed by atoms with Gasteiger partial charge in [-0.25, -0.2) is 23.6 Å². The first kappa shape index (κ1) is 114. The Morgan fingerprint density at radius 3 is 0.708 bits per heavy atom. The van der Waals surface area contributed by atoms with Crippen molar-refractivity contribution in [2.24, 2.45) is 117 Å². The average molecular weight is 2020 g/mol. The van der Waals surface area contributed by atoms with Gasteiger partial charge in [-0.1, -0.05) is 159 Å². The summed E-state index contributed by atoms with van der Waals surface area (Å²) < 4.78 is 72.2. The number of aryl methyl sites for hydroxylation is 3. The maximum absolute atomic E-state index is 13.1. The first-order valence-corrected chi connectivity index (χ1v) is 48.3. The van der Waals surface area contributed by atoms with Crippen LogP contribution in [0.4, 0.5) is 23.6 Å². The van der Waals surface area contributed by atoms with E-state index in [2.05, 4.69) is 42.5 Å². The van der Waals surface area contributed by atoms with E-state index in [-0.39, 0.29) is 243 Å². The van der Waals surface area contributed by atoms with Crippen LogP contribution in [-0.4, -0.2) is 180 Å². The molecule has 0 saturated heterocycles. The lowest BCUT2D eigenvalue weighted by molar-refractivity contribution is -0.132. The summed E-state index contributed by atoms with van der Waals surface area (Å²) in [5.41, 5.74) is 32.2. The van der Waals surface area contributed by atoms with Crippen molar-refractivity contribution >= 4 is 129 Å². The fourth-order valence-corrected chi connectivity index (χ4v) is 15.0. The Morgan fingerprint density at radius 2 is 0.507 bits per heavy atom. The number of nitrogens with one attached hydrogen (secondary N) is 8. The number of rotatable bonds is 66. The van der Waals surface area contributed by atoms with Crippen LogP contribution < -0.4 is 88.4 Å². The summed E-state index contributed by atoms with van der Waals surface area (Å²) in [4.78, 5) is 269. The maximum Gasteiger partial charge on any atom is 0.312 e. The molecule has 2 unspecified atom stereocenters. The van der Waals surface area contributed by atoms with Crippen LogP contribution in [0, 0.1) is 97.6 Å². The fraction of sp³-hybridized carbons (Fsp3) is 0.562. The van der Waals surface area contributed by atoms with E-state index in [4.69, 9.17) is 34.1 Å². The number of urea groups is 4. The van der Waals surface area contributed by atoms with Crippen molar-refractivity contribution in [3.8, 4) is 0 Å². The topological polar surface area (TPSA) is 680 Å². The molecule has 4 aromatic carbocycles. The highest BCUT2D eigenvalue weighted by Crippen LogP contribution is 2.26. The van der Waals surface area contributed by atoms with Crippen LogP contribution in [0.25, 0.3) is 0 Å². The number of benzene rings is 4. The lowest BCUT2D eigenvalue weighted by Gasteiger charge is -2.23. The van der Waals surface area contributed by atoms with E-state index in [1.54, 1.807) is 115 Å². The fourth-order valence-electron chi connectivity index (χ4n) is 15.0. The van der Waals surface area contributed by atoms with Crippen LogP contribution in [0.2, 0.25) is 5.65 Å². The number of Topliss-reactive ketones (excluding diaryl/α,β-unsaturated/α-hetero) is 10. The van der Waals surface area contributed by atoms with E-state index in [9.17, 15) is 110 Å². The Bertz CT molecular complexity index is 4820. The van der Waals surface area contributed by atoms with E-state index < -0.39 is 162 Å². The van der Waals surface area contributed by atoms with Gasteiger partial charge >= 0.3 is 24.1 Å². The number of carbonyl (C=O) groups is 22. The molecule has 0 heterocycles. The van der Waals surface area contributed by atoms with Gasteiger partial charge in [0.05, 0.1) is 24.2 Å². The molecule has 38 nitrogen and oxygen atoms in total. The number of halogens is 1. The van der Waals surface area contributed by atoms with Crippen LogP contribution in [0.3, 0.4) is 0 Å². The molecule has 0 radical (unpaired) electrons. The standard InChI is InChI=1S/C27H40N4O6.C26H37FN4O6.2C26H40N4O5/c1-16(2)25(23(34)15-21(26(28)36)6-5-13-30-27(29)37)31-24(35)12-11-20(18(4)32)14-22(33)19-9-7-17(3)8-10-19;1-15(2)24(22(34)14-19(25(28)36)5-4-12-30-26(29)37)31-23(35)11-8-18(16(3)32)13-21(33)17-6-9-20(27)10-7-17;2*1-16(2)24(22(32)15-20(25(27)34)6-5-13-29-26(28)35)30-23(33)12-9-18(4)14-21(31)19-10-7-17(3)8-11-19/h7-10,16,20-21,25H,5-6,11-15H2,1-4H3,(H2,28,36)(H,31,35)(H3,29,30,37);6-7,9-10,15,18-19,24H,4-5,8,11-14H2,1-3H3,(H2,28,36)(H,31,35)(H3,29,30,37);2*7-8,10-11,16,18,20,24H,5-6,9,12-15H2,1-4H3,(H2,27,34)(H,30,33)(H3,28,29,35)/t20-,21-,25+;18-,19-,24+;2*18?,20-,24+/m1111/s1/i4D;3D;2*4D/hD4. The van der Waals surface area contributed by atoms with Gasteiger partial charge in [0.2, 0.25) is 47.3 Å². The third kappa shape index (κ3) is 55.1. The molecule has 0 spiro atoms. The molecule has 24 N–H and O–H groups in total. The maximum atomic E-state index is 13.1. The normalized spacial score (nSPS) is 14.1. The highest BCUT2D eigenvalue weighted by molar-refractivity contribution is 6.01. The predicted octanol–water partition coefficient (Wildman–Crippen LogP) is 9.51. The Kier molecular flexibility index (Phi) is 54.2. The molecule has 0 aliphatic carbocycles. The smallest absolute Gasteiger partial charge is 0.312 e. The molecule has 0 fully saturated rings. The highest BCUT2D eigenvalue weighted by atomic mass is 19.1. The molecule has 4 aromatic rings. The summed E-state index contributed by atoms with van der Waals surface area (Å²) in [5, 5.41) is 20.4. The van der Waals surface area contributed by atoms with Gasteiger partial charge in [0.1, 0.15) is 17.4 Å². The molecule has 0 bridgehead atoms. The van der Waals surface area contributed by atoms with Gasteiger partial charge in [0.15, 0.2) is 51.9 Å². The minimum Gasteiger partial charge on any atom is -0.369 e. The summed E-state index contributed by atoms with van der Waals surface area (Å²) in [6.07, 6.45) is 2.17. The van der Waals surface area contributed by atoms with Gasteiger partial charge in [-0.3, -0.25) is 86.3 Å². The highest BCUT2D eigenvalue weighted by Gasteiger charge is 2.35. The zero-order valence-electron chi connectivity index (χ0n) is 92.8. The second kappa shape index (κ2) is 68.5. The summed E-state index contributed by atoms with van der Waals surface area (Å²) in [5.74, 6) is -14.6. The van der Waals surface area contributed by atoms with Crippen molar-refractivity contribution in [1.29, 1.82) is 0 Å². The van der Waals surface area contributed by atoms with Gasteiger partial charge in [-0.15, -0.1) is 0 Å². The first-order valence-electron chi connectivity index (χ1n) is 53.2. The van der Waals surface area contributed by atoms with Crippen molar-refractivity contribution in [1.82, 2.24) is 42.5 Å². The summed E-state index contributed by atoms with van der Waals surface area (Å²) >= 11 is 0. The van der Waals surface area contributed by atoms with Crippen LogP contribution >= 0.6 is 0 Å². The second-order valence-corrected chi connectivity index (χ2v) is 37.6. The van der Waals surface area contributed by atoms with E-state index >= 15 is 0 Å². The Labute approximate surface area is 855 Å². The van der Waals surface area contributed by atoms with Crippen LogP contribution in [-0.2, 0) is 67.1 Å². The number of primary amides is 8. The molecule has 0 aromatic heterocycles. The zero-order valence-corrected chi connectivity index (χ0v) is 84.8. The van der Waals surface area contributed by atoms with Gasteiger partial charge in [0, 0.05) is 166 Å². The summed E-state index contributed by atoms with van der Waals surface area (Å²) in [6, 6.07) is 20.0. The average Bonchev–Trinajstić information content (AvgIpc) is 0.865. The van der Waals surface area contributed by atoms with Crippen molar-refractivity contribution in [3.05, 3.63) is 142 Å². The van der Waals surface area contributed by atoms with Crippen molar-refractivity contribution < 1.29 is 121 Å². The van der Waals surface area contributed by atoms with Crippen LogP contribution in [0.1, 0.15) is 301 Å². The van der Waals surface area contributed by atoms with Crippen LogP contribution in [0.15, 0.2) is 97.1 Å². The molecule has 0 aliphatic heterocycles. The Hall–Kier alpha value is -13.7. The largest absolute Gasteiger partial charge is 0.369 e. The van der Waals surface area contributed by atoms with Crippen molar-refractivity contribution in [2.75, 3.05) is 26.2 Å². The zero-order chi connectivity index (χ0) is 115. The molecular formula is C105H157FN16O22. The van der Waals surface area contributed by atoms with Gasteiger partial charge in [0.25, 0.3) is 0 Å². The van der Waals surface area contributed by atoms with Crippen molar-refractivity contribution in [2.45, 2.75) is 282 Å². The van der Waals surface area contributed by atoms with E-state index in [0.29, 0.717) is 55.2 Å². The van der Waals surface area contributed by atoms with Gasteiger partial charge in [-0.05, 0) is 171 Å². The quantitative estimate of drug-likeness (QED) is 0.0144. The second-order valence-electron chi connectivity index (χ2n) is 37.6. The first-order chi connectivity index (χ1) is 71.7. The minimum atomic E-state index is -0.937. The van der Waals surface area contributed by atoms with Crippen molar-refractivity contribution in [3.63, 3.8) is 0 Å². The predicted molar refractivity (Wildman–Crippen MR) is 543 cm³/mol. The molecule has 796 valence electrons. The monoisotopic (exact) mass is 2020 g/mol. The third-order valence-electron chi connectivity index (χ3n) is 23.7. The SMILES string of the molecule is [2H]CC(=O)[C@H](CCC(=O)N[C@H](C(=O)C[C@@H](CCCNC(N)=O)C(=O)N[2H])C(C)C)CC(=O)c1ccc(C)cc1.[2H]CC(=O)[C@H](CCC(=O)N[C@H](C(=O)C[C@@H](CCCNC(N)=O)C(=O)N[2H])C(C)C)CC(=O)c1ccc(F)cc1.[2H]CC(CCC(=O)N[C@H](C(=O)C[C@@H](CCCNC(N)=O)C(=O)N[2H])C(C)C)CC(=O)c1ccc(C)cc1.[2H]CC(CCC(=O)N[C@H](C(=O)C[C@@H](CCCNC(N)=O)C(=O)N[2H])C(C)C)CC(=O)c1ccc(C)cc1. The number of carbonyl (C=O) groups excluding carboxylic acids is 22. The number of nitrogens with two attached hydrogens (primary N) is 8. The Morgan fingerprint density at radius 1 is 0.292 bits per heavy atom. The molecule has 0 saturated carbocycles. The summed E-state index contributed by atoms with van der Waals surface area (Å²) in [6.45, 7) is 19.6. The number of amides is 16. The molecule has 12 atom stereocenters. The lowest BCUT2D eigenvalue weighted by atomic mass is 9.89. The van der Waals surface area contributed by atoms with Gasteiger partial charge in [-0.2, -0.15) is 0 Å². The lowest BCUT2D eigenvalue weighted by Crippen LogP contribution is -2.45. The molecule has 0 aliphatic rings. The third-order valence-corrected chi connectivity index (χ3v) is 23.7. The number of ketones is 10. The van der Waals surface area contributed by atoms with E-state index in [1.165, 1.54) is 12.1 Å². The molecule has 4 rings (SSSR count). The molecule has 16 amide bonds. The molecule has 39 heteroatoms. The molecule has 144 heavy (non-hydrogen) atoms.